The van der Waals surface area contributed by atoms with E-state index in [4.69, 9.17) is 14.2 Å². The van der Waals surface area contributed by atoms with Gasteiger partial charge in [0.25, 0.3) is 0 Å². The van der Waals surface area contributed by atoms with Crippen LogP contribution in [0.1, 0.15) is 96.1 Å². The molecule has 2 saturated heterocycles. The van der Waals surface area contributed by atoms with Gasteiger partial charge in [0.2, 0.25) is 5.76 Å². The molecule has 1 aromatic carbocycles. The molecule has 0 radical (unpaired) electrons. The minimum atomic E-state index is -0.370. The average Bonchev–Trinajstić information content (AvgIpc) is 3.60. The van der Waals surface area contributed by atoms with Crippen LogP contribution in [-0.2, 0) is 25.4 Å². The summed E-state index contributed by atoms with van der Waals surface area (Å²) in [6, 6.07) is 9.80. The average molecular weight is 576 g/mol. The number of hydrogen-bond acceptors (Lipinski definition) is 6. The molecule has 1 saturated carbocycles. The molecule has 1 aromatic rings. The molecule has 6 heteroatoms. The number of aliphatic hydroxyl groups is 1. The number of ether oxygens (including phenoxy) is 3. The van der Waals surface area contributed by atoms with Crippen LogP contribution in [0.3, 0.4) is 0 Å². The van der Waals surface area contributed by atoms with E-state index in [0.29, 0.717) is 40.6 Å². The second-order valence-electron chi connectivity index (χ2n) is 13.3. The monoisotopic (exact) mass is 575 g/mol. The summed E-state index contributed by atoms with van der Waals surface area (Å²) in [5, 5.41) is 11.6. The van der Waals surface area contributed by atoms with E-state index >= 15 is 0 Å². The lowest BCUT2D eigenvalue weighted by Gasteiger charge is -2.52. The summed E-state index contributed by atoms with van der Waals surface area (Å²) in [5.74, 6) is 3.93. The number of methoxy groups -OCH3 is 1. The van der Waals surface area contributed by atoms with Gasteiger partial charge in [0.15, 0.2) is 11.5 Å². The number of allylic oxidation sites excluding steroid dienone is 1. The Labute approximate surface area is 251 Å². The highest BCUT2D eigenvalue weighted by atomic mass is 16.6. The summed E-state index contributed by atoms with van der Waals surface area (Å²) < 4.78 is 17.9. The van der Waals surface area contributed by atoms with E-state index < -0.39 is 0 Å². The molecular weight excluding hydrogens is 526 g/mol. The van der Waals surface area contributed by atoms with E-state index in [1.165, 1.54) is 43.2 Å². The van der Waals surface area contributed by atoms with Crippen LogP contribution in [-0.4, -0.2) is 47.8 Å². The SMILES string of the molecule is CCCCCc1cccc(C2CCC3C2CC2C4C(=CCCN2C3C(O)CC)OC(=C2OC(=O)C(C)=C2OC)C4C)c1. The smallest absolute Gasteiger partial charge is 0.343 e. The van der Waals surface area contributed by atoms with Crippen LogP contribution in [0.25, 0.3) is 0 Å². The van der Waals surface area contributed by atoms with Gasteiger partial charge in [-0.05, 0) is 86.8 Å². The third-order valence-corrected chi connectivity index (χ3v) is 11.0. The summed E-state index contributed by atoms with van der Waals surface area (Å²) in [4.78, 5) is 15.1. The summed E-state index contributed by atoms with van der Waals surface area (Å²) >= 11 is 0. The van der Waals surface area contributed by atoms with Crippen molar-refractivity contribution < 1.29 is 24.1 Å². The maximum absolute atomic E-state index is 12.5. The summed E-state index contributed by atoms with van der Waals surface area (Å²) in [6.45, 7) is 9.27. The Balaban J connectivity index is 1.34. The first-order valence-corrected chi connectivity index (χ1v) is 16.5. The number of nitrogens with zero attached hydrogens (tertiary/aromatic N) is 1. The molecule has 5 aliphatic rings. The molecule has 4 aliphatic heterocycles. The fraction of sp³-hybridized carbons (Fsp3) is 0.639. The lowest BCUT2D eigenvalue weighted by Crippen LogP contribution is -2.60. The highest BCUT2D eigenvalue weighted by Gasteiger charge is 2.56. The first kappa shape index (κ1) is 29.5. The normalized spacial score (nSPS) is 35.1. The molecule has 4 heterocycles. The highest BCUT2D eigenvalue weighted by Crippen LogP contribution is 2.57. The number of aryl methyl sites for hydroxylation is 1. The number of hydrogen-bond donors (Lipinski definition) is 1. The number of rotatable bonds is 8. The fourth-order valence-electron chi connectivity index (χ4n) is 9.02. The zero-order valence-electron chi connectivity index (χ0n) is 26.1. The Kier molecular flexibility index (Phi) is 8.57. The lowest BCUT2D eigenvalue weighted by atomic mass is 9.68. The molecular formula is C36H49NO5. The molecule has 6 nitrogen and oxygen atoms in total. The lowest BCUT2D eigenvalue weighted by molar-refractivity contribution is -0.133. The van der Waals surface area contributed by atoms with Gasteiger partial charge in [0.05, 0.1) is 18.8 Å². The standard InChI is InChI=1S/C36H49NO5/c1-6-8-9-12-23-13-10-14-24(19-23)25-16-17-26-27(25)20-28-31-21(3)34(35-33(40-5)22(4)36(39)42-35)41-30(31)15-11-18-37(28)32(26)29(38)7-2/h10,13-15,19,21,25-29,31-32,38H,6-9,11-12,16-18,20H2,1-5H3. The highest BCUT2D eigenvalue weighted by molar-refractivity contribution is 5.93. The van der Waals surface area contributed by atoms with E-state index in [-0.39, 0.29) is 36.0 Å². The van der Waals surface area contributed by atoms with Crippen LogP contribution in [0.4, 0.5) is 0 Å². The van der Waals surface area contributed by atoms with Gasteiger partial charge in [-0.1, -0.05) is 57.9 Å². The number of benzene rings is 1. The van der Waals surface area contributed by atoms with Gasteiger partial charge >= 0.3 is 5.97 Å². The topological polar surface area (TPSA) is 68.2 Å². The maximum Gasteiger partial charge on any atom is 0.343 e. The van der Waals surface area contributed by atoms with Crippen molar-refractivity contribution in [3.8, 4) is 0 Å². The first-order chi connectivity index (χ1) is 20.4. The second kappa shape index (κ2) is 12.2. The van der Waals surface area contributed by atoms with Gasteiger partial charge in [-0.15, -0.1) is 0 Å². The van der Waals surface area contributed by atoms with Crippen LogP contribution < -0.4 is 0 Å². The van der Waals surface area contributed by atoms with Gasteiger partial charge in [-0.2, -0.15) is 0 Å². The van der Waals surface area contributed by atoms with E-state index in [1.54, 1.807) is 14.0 Å². The number of esters is 1. The number of unbranched alkanes of at least 4 members (excludes halogenated alkanes) is 2. The van der Waals surface area contributed by atoms with E-state index in [2.05, 4.69) is 56.0 Å². The van der Waals surface area contributed by atoms with E-state index in [1.807, 2.05) is 0 Å². The molecule has 0 aromatic heterocycles. The number of piperidine rings is 1. The molecule has 1 aliphatic carbocycles. The molecule has 8 unspecified atom stereocenters. The Morgan fingerprint density at radius 1 is 1.14 bits per heavy atom. The van der Waals surface area contributed by atoms with Crippen molar-refractivity contribution in [3.05, 3.63) is 70.1 Å². The van der Waals surface area contributed by atoms with Crippen LogP contribution in [0.2, 0.25) is 0 Å². The molecule has 3 fully saturated rings. The summed E-state index contributed by atoms with van der Waals surface area (Å²) in [5.41, 5.74) is 3.43. The van der Waals surface area contributed by atoms with Gasteiger partial charge < -0.3 is 19.3 Å². The van der Waals surface area contributed by atoms with Crippen LogP contribution >= 0.6 is 0 Å². The van der Waals surface area contributed by atoms with E-state index in [0.717, 1.165) is 38.0 Å². The predicted molar refractivity (Wildman–Crippen MR) is 163 cm³/mol. The molecule has 1 N–H and O–H groups in total. The van der Waals surface area contributed by atoms with Crippen molar-refractivity contribution in [3.63, 3.8) is 0 Å². The van der Waals surface area contributed by atoms with E-state index in [9.17, 15) is 9.90 Å². The minimum absolute atomic E-state index is 0.0263. The zero-order valence-corrected chi connectivity index (χ0v) is 26.1. The predicted octanol–water partition coefficient (Wildman–Crippen LogP) is 7.00. The number of cyclic esters (lactones) is 1. The first-order valence-electron chi connectivity index (χ1n) is 16.5. The van der Waals surface area contributed by atoms with Gasteiger partial charge in [-0.3, -0.25) is 4.90 Å². The number of carbonyl (C=O) groups is 1. The van der Waals surface area contributed by atoms with Gasteiger partial charge in [-0.25, -0.2) is 4.79 Å². The molecule has 8 atom stereocenters. The summed E-state index contributed by atoms with van der Waals surface area (Å²) in [6.07, 6.45) is 11.9. The van der Waals surface area contributed by atoms with Crippen LogP contribution in [0, 0.1) is 23.7 Å². The van der Waals surface area contributed by atoms with Crippen molar-refractivity contribution >= 4 is 5.97 Å². The van der Waals surface area contributed by atoms with Crippen LogP contribution in [0.5, 0.6) is 0 Å². The Morgan fingerprint density at radius 3 is 2.74 bits per heavy atom. The third-order valence-electron chi connectivity index (χ3n) is 11.0. The minimum Gasteiger partial charge on any atom is -0.492 e. The van der Waals surface area contributed by atoms with Crippen molar-refractivity contribution in [1.82, 2.24) is 4.90 Å². The van der Waals surface area contributed by atoms with Crippen molar-refractivity contribution in [2.75, 3.05) is 13.7 Å². The molecule has 0 spiro atoms. The van der Waals surface area contributed by atoms with Gasteiger partial charge in [0.1, 0.15) is 5.76 Å². The number of carbonyl (C=O) groups excluding carboxylic acids is 1. The quantitative estimate of drug-likeness (QED) is 0.266. The summed E-state index contributed by atoms with van der Waals surface area (Å²) in [7, 11) is 1.58. The zero-order chi connectivity index (χ0) is 29.5. The molecule has 0 amide bonds. The van der Waals surface area contributed by atoms with Crippen molar-refractivity contribution in [2.24, 2.45) is 23.7 Å². The molecule has 228 valence electrons. The molecule has 6 rings (SSSR count). The largest absolute Gasteiger partial charge is 0.492 e. The molecule has 0 bridgehead atoms. The number of fused-ring (bicyclic) bond motifs is 4. The molecule has 42 heavy (non-hydrogen) atoms. The maximum atomic E-state index is 12.5. The Hall–Kier alpha value is -2.57. The van der Waals surface area contributed by atoms with Crippen molar-refractivity contribution in [1.29, 1.82) is 0 Å². The van der Waals surface area contributed by atoms with Crippen LogP contribution in [0.15, 0.2) is 59.0 Å². The second-order valence-corrected chi connectivity index (χ2v) is 13.3. The fourth-order valence-corrected chi connectivity index (χ4v) is 9.02. The number of aliphatic hydroxyl groups excluding tert-OH is 1. The van der Waals surface area contributed by atoms with Gasteiger partial charge in [0, 0.05) is 30.5 Å². The Bertz CT molecular complexity index is 1280. The Morgan fingerprint density at radius 2 is 1.98 bits per heavy atom. The third kappa shape index (κ3) is 5.02. The van der Waals surface area contributed by atoms with Crippen molar-refractivity contribution in [2.45, 2.75) is 110 Å².